The number of carbonyl (C=O) groups excluding carboxylic acids is 1. The van der Waals surface area contributed by atoms with Crippen molar-refractivity contribution in [2.24, 2.45) is 0 Å². The van der Waals surface area contributed by atoms with Crippen molar-refractivity contribution in [3.05, 3.63) is 59.4 Å². The Morgan fingerprint density at radius 2 is 1.71 bits per heavy atom. The van der Waals surface area contributed by atoms with Crippen LogP contribution in [0.4, 0.5) is 14.9 Å². The molecule has 2 aromatic rings. The van der Waals surface area contributed by atoms with Crippen LogP contribution in [0.25, 0.3) is 0 Å². The summed E-state index contributed by atoms with van der Waals surface area (Å²) >= 11 is 0. The molecule has 168 valence electrons. The molecule has 31 heavy (non-hydrogen) atoms. The minimum absolute atomic E-state index is 0.0399. The van der Waals surface area contributed by atoms with Gasteiger partial charge in [0.25, 0.3) is 0 Å². The molecule has 1 saturated carbocycles. The minimum atomic E-state index is -0.970. The van der Waals surface area contributed by atoms with Gasteiger partial charge in [-0.25, -0.2) is 9.18 Å². The van der Waals surface area contributed by atoms with Crippen molar-refractivity contribution in [1.82, 2.24) is 4.90 Å². The van der Waals surface area contributed by atoms with Gasteiger partial charge in [0.15, 0.2) is 0 Å². The van der Waals surface area contributed by atoms with Gasteiger partial charge in [0, 0.05) is 31.9 Å². The summed E-state index contributed by atoms with van der Waals surface area (Å²) in [6.45, 7) is 5.52. The average Bonchev–Trinajstić information content (AvgIpc) is 2.78. The van der Waals surface area contributed by atoms with Crippen molar-refractivity contribution >= 4 is 11.7 Å². The molecule has 1 fully saturated rings. The van der Waals surface area contributed by atoms with E-state index in [1.54, 1.807) is 22.9 Å². The van der Waals surface area contributed by atoms with Gasteiger partial charge in [-0.2, -0.15) is 0 Å². The van der Waals surface area contributed by atoms with Gasteiger partial charge in [-0.3, -0.25) is 4.90 Å². The van der Waals surface area contributed by atoms with Crippen molar-refractivity contribution in [3.63, 3.8) is 0 Å². The second-order valence-electron chi connectivity index (χ2n) is 8.24. The Hall–Kier alpha value is -2.60. The monoisotopic (exact) mass is 428 g/mol. The van der Waals surface area contributed by atoms with Gasteiger partial charge in [-0.05, 0) is 62.1 Å². The first kappa shape index (κ1) is 23.1. The first-order chi connectivity index (χ1) is 14.9. The van der Waals surface area contributed by atoms with Crippen LogP contribution in [0.3, 0.4) is 0 Å². The fourth-order valence-corrected chi connectivity index (χ4v) is 4.14. The maximum atomic E-state index is 14.2. The SMILES string of the molecule is CCN(CC)C(=O)N(C)c1ccc(COc2cc(F)cc(C3(O)CCCCC3)c2)cc1. The molecule has 0 saturated heterocycles. The molecule has 1 N–H and O–H groups in total. The van der Waals surface area contributed by atoms with Crippen LogP contribution in [0.2, 0.25) is 0 Å². The Kier molecular flexibility index (Phi) is 7.55. The number of hydrogen-bond donors (Lipinski definition) is 1. The Bertz CT molecular complexity index is 875. The second-order valence-corrected chi connectivity index (χ2v) is 8.24. The fraction of sp³-hybridized carbons (Fsp3) is 0.480. The Labute approximate surface area is 184 Å². The predicted octanol–water partition coefficient (Wildman–Crippen LogP) is 5.45. The molecule has 0 radical (unpaired) electrons. The molecule has 0 unspecified atom stereocenters. The van der Waals surface area contributed by atoms with E-state index >= 15 is 0 Å². The van der Waals surface area contributed by atoms with Crippen molar-refractivity contribution in [3.8, 4) is 5.75 Å². The van der Waals surface area contributed by atoms with Crippen LogP contribution in [0.15, 0.2) is 42.5 Å². The van der Waals surface area contributed by atoms with Gasteiger partial charge in [0.1, 0.15) is 18.2 Å². The molecule has 0 spiro atoms. The highest BCUT2D eigenvalue weighted by atomic mass is 19.1. The Balaban J connectivity index is 1.66. The Morgan fingerprint density at radius 1 is 1.06 bits per heavy atom. The minimum Gasteiger partial charge on any atom is -0.489 e. The number of amides is 2. The lowest BCUT2D eigenvalue weighted by atomic mass is 9.79. The number of anilines is 1. The van der Waals surface area contributed by atoms with Crippen LogP contribution in [0, 0.1) is 5.82 Å². The van der Waals surface area contributed by atoms with Crippen LogP contribution < -0.4 is 9.64 Å². The molecule has 0 aromatic heterocycles. The molecule has 1 aliphatic rings. The number of rotatable bonds is 7. The van der Waals surface area contributed by atoms with Gasteiger partial charge in [-0.1, -0.05) is 31.4 Å². The normalized spacial score (nSPS) is 15.4. The third kappa shape index (κ3) is 5.56. The summed E-state index contributed by atoms with van der Waals surface area (Å²) in [5.41, 5.74) is 1.33. The highest BCUT2D eigenvalue weighted by Gasteiger charge is 2.32. The summed E-state index contributed by atoms with van der Waals surface area (Å²) in [5.74, 6) is 0.00490. The zero-order chi connectivity index (χ0) is 22.4. The molecule has 2 amide bonds. The standard InChI is InChI=1S/C25H33FN2O3/c1-4-28(5-2)24(29)27(3)22-11-9-19(10-12-22)18-31-23-16-20(15-21(26)17-23)25(30)13-7-6-8-14-25/h9-12,15-17,30H,4-8,13-14,18H2,1-3H3. The number of ether oxygens (including phenoxy) is 1. The van der Waals surface area contributed by atoms with E-state index in [-0.39, 0.29) is 12.6 Å². The van der Waals surface area contributed by atoms with E-state index in [0.717, 1.165) is 30.5 Å². The van der Waals surface area contributed by atoms with E-state index in [2.05, 4.69) is 0 Å². The number of hydrogen-bond acceptors (Lipinski definition) is 3. The first-order valence-electron chi connectivity index (χ1n) is 11.1. The lowest BCUT2D eigenvalue weighted by molar-refractivity contribution is -0.00112. The highest BCUT2D eigenvalue weighted by Crippen LogP contribution is 2.38. The second kappa shape index (κ2) is 10.1. The zero-order valence-electron chi connectivity index (χ0n) is 18.7. The largest absolute Gasteiger partial charge is 0.489 e. The van der Waals surface area contributed by atoms with Crippen molar-refractivity contribution in [1.29, 1.82) is 0 Å². The number of urea groups is 1. The van der Waals surface area contributed by atoms with Crippen molar-refractivity contribution < 1.29 is 19.0 Å². The lowest BCUT2D eigenvalue weighted by Gasteiger charge is -2.32. The summed E-state index contributed by atoms with van der Waals surface area (Å²) in [7, 11) is 1.76. The molecular weight excluding hydrogens is 395 g/mol. The quantitative estimate of drug-likeness (QED) is 0.638. The van der Waals surface area contributed by atoms with Crippen LogP contribution in [0.1, 0.15) is 57.1 Å². The predicted molar refractivity (Wildman–Crippen MR) is 121 cm³/mol. The maximum Gasteiger partial charge on any atom is 0.324 e. The average molecular weight is 429 g/mol. The van der Waals surface area contributed by atoms with E-state index in [1.807, 2.05) is 38.1 Å². The zero-order valence-corrected chi connectivity index (χ0v) is 18.7. The molecule has 0 bridgehead atoms. The van der Waals surface area contributed by atoms with Crippen LogP contribution in [-0.2, 0) is 12.2 Å². The van der Waals surface area contributed by atoms with E-state index in [9.17, 15) is 14.3 Å². The smallest absolute Gasteiger partial charge is 0.324 e. The van der Waals surface area contributed by atoms with Crippen LogP contribution in [-0.4, -0.2) is 36.2 Å². The lowest BCUT2D eigenvalue weighted by Crippen LogP contribution is -2.41. The molecule has 6 heteroatoms. The van der Waals surface area contributed by atoms with E-state index in [1.165, 1.54) is 12.1 Å². The third-order valence-corrected chi connectivity index (χ3v) is 6.14. The van der Waals surface area contributed by atoms with E-state index in [4.69, 9.17) is 4.74 Å². The summed E-state index contributed by atoms with van der Waals surface area (Å²) in [4.78, 5) is 15.9. The van der Waals surface area contributed by atoms with E-state index < -0.39 is 11.4 Å². The third-order valence-electron chi connectivity index (χ3n) is 6.14. The van der Waals surface area contributed by atoms with Gasteiger partial charge >= 0.3 is 6.03 Å². The number of nitrogens with zero attached hydrogens (tertiary/aromatic N) is 2. The highest BCUT2D eigenvalue weighted by molar-refractivity contribution is 5.91. The summed E-state index contributed by atoms with van der Waals surface area (Å²) in [6, 6.07) is 12.0. The van der Waals surface area contributed by atoms with Crippen molar-refractivity contribution in [2.75, 3.05) is 25.0 Å². The number of halogens is 1. The molecule has 3 rings (SSSR count). The molecule has 0 aliphatic heterocycles. The molecule has 1 aliphatic carbocycles. The number of aliphatic hydroxyl groups is 1. The topological polar surface area (TPSA) is 53.0 Å². The summed E-state index contributed by atoms with van der Waals surface area (Å²) < 4.78 is 20.0. The first-order valence-corrected chi connectivity index (χ1v) is 11.1. The summed E-state index contributed by atoms with van der Waals surface area (Å²) in [5, 5.41) is 10.9. The number of carbonyl (C=O) groups is 1. The van der Waals surface area contributed by atoms with Gasteiger partial charge in [0.05, 0.1) is 5.60 Å². The van der Waals surface area contributed by atoms with Crippen LogP contribution >= 0.6 is 0 Å². The van der Waals surface area contributed by atoms with Gasteiger partial charge < -0.3 is 14.7 Å². The molecule has 0 atom stereocenters. The van der Waals surface area contributed by atoms with Crippen molar-refractivity contribution in [2.45, 2.75) is 58.2 Å². The maximum absolute atomic E-state index is 14.2. The fourth-order valence-electron chi connectivity index (χ4n) is 4.14. The Morgan fingerprint density at radius 3 is 2.32 bits per heavy atom. The van der Waals surface area contributed by atoms with Gasteiger partial charge in [0.2, 0.25) is 0 Å². The van der Waals surface area contributed by atoms with E-state index in [0.29, 0.717) is 37.2 Å². The molecule has 0 heterocycles. The summed E-state index contributed by atoms with van der Waals surface area (Å²) in [6.07, 6.45) is 4.29. The molecule has 2 aromatic carbocycles. The van der Waals surface area contributed by atoms with Gasteiger partial charge in [-0.15, -0.1) is 0 Å². The van der Waals surface area contributed by atoms with Crippen LogP contribution in [0.5, 0.6) is 5.75 Å². The molecular formula is C25H33FN2O3. The molecule has 5 nitrogen and oxygen atoms in total. The number of benzene rings is 2.